The van der Waals surface area contributed by atoms with Crippen molar-refractivity contribution in [2.24, 2.45) is 7.05 Å². The van der Waals surface area contributed by atoms with Gasteiger partial charge >= 0.3 is 0 Å². The number of fused-ring (bicyclic) bond motifs is 3. The lowest BCUT2D eigenvalue weighted by atomic mass is 9.91. The van der Waals surface area contributed by atoms with Crippen molar-refractivity contribution in [3.05, 3.63) is 58.4 Å². The van der Waals surface area contributed by atoms with Crippen molar-refractivity contribution in [1.82, 2.24) is 14.5 Å². The third-order valence-corrected chi connectivity index (χ3v) is 5.56. The van der Waals surface area contributed by atoms with Crippen LogP contribution < -0.4 is 4.74 Å². The minimum absolute atomic E-state index is 0.0529. The quantitative estimate of drug-likeness (QED) is 0.759. The van der Waals surface area contributed by atoms with Crippen LogP contribution in [-0.4, -0.2) is 39.6 Å². The number of carbonyl (C=O) groups excluding carboxylic acids is 1. The summed E-state index contributed by atoms with van der Waals surface area (Å²) in [6.07, 6.45) is 1.46. The Balaban J connectivity index is 1.91. The lowest BCUT2D eigenvalue weighted by Gasteiger charge is -2.29. The fourth-order valence-electron chi connectivity index (χ4n) is 3.97. The molecular formula is C22H25N3O3. The van der Waals surface area contributed by atoms with Gasteiger partial charge in [-0.3, -0.25) is 4.79 Å². The molecule has 1 aromatic heterocycles. The van der Waals surface area contributed by atoms with Gasteiger partial charge in [-0.05, 0) is 37.0 Å². The molecule has 4 rings (SSSR count). The van der Waals surface area contributed by atoms with E-state index in [1.807, 2.05) is 29.8 Å². The monoisotopic (exact) mass is 379 g/mol. The van der Waals surface area contributed by atoms with Crippen LogP contribution in [0.25, 0.3) is 11.0 Å². The van der Waals surface area contributed by atoms with Crippen molar-refractivity contribution >= 4 is 16.9 Å². The Bertz CT molecular complexity index is 1070. The van der Waals surface area contributed by atoms with Crippen LogP contribution in [0.3, 0.4) is 0 Å². The molecule has 2 aromatic carbocycles. The molecule has 146 valence electrons. The number of amides is 1. The van der Waals surface area contributed by atoms with E-state index in [2.05, 4.69) is 24.0 Å². The third kappa shape index (κ3) is 2.85. The fourth-order valence-corrected chi connectivity index (χ4v) is 3.97. The molecule has 2 heterocycles. The first kappa shape index (κ1) is 18.5. The maximum atomic E-state index is 12.8. The van der Waals surface area contributed by atoms with E-state index in [9.17, 15) is 9.90 Å². The Morgan fingerprint density at radius 1 is 1.36 bits per heavy atom. The summed E-state index contributed by atoms with van der Waals surface area (Å²) in [6, 6.07) is 10.1. The summed E-state index contributed by atoms with van der Waals surface area (Å²) >= 11 is 0. The van der Waals surface area contributed by atoms with Gasteiger partial charge in [0.2, 0.25) is 0 Å². The van der Waals surface area contributed by atoms with E-state index in [1.54, 1.807) is 19.0 Å². The molecule has 1 aliphatic heterocycles. The van der Waals surface area contributed by atoms with E-state index in [0.29, 0.717) is 22.7 Å². The SMILES string of the molecule is Cc1ccccc1[C@@H]1CCc2c(C(=O)N(C)C)cc3c(nc(CO)n3C)c2O1. The predicted molar refractivity (Wildman–Crippen MR) is 108 cm³/mol. The molecule has 0 spiro atoms. The molecule has 0 saturated heterocycles. The van der Waals surface area contributed by atoms with E-state index in [1.165, 1.54) is 5.56 Å². The second-order valence-electron chi connectivity index (χ2n) is 7.55. The highest BCUT2D eigenvalue weighted by Crippen LogP contribution is 2.42. The van der Waals surface area contributed by atoms with Crippen molar-refractivity contribution in [2.75, 3.05) is 14.1 Å². The standard InChI is InChI=1S/C22H25N3O3/c1-13-7-5-6-8-14(13)18-10-9-15-16(22(27)24(2)3)11-17-20(21(15)28-18)23-19(12-26)25(17)4/h5-8,11,18,26H,9-10,12H2,1-4H3/t18-/m0/s1. The van der Waals surface area contributed by atoms with Gasteiger partial charge < -0.3 is 19.3 Å². The van der Waals surface area contributed by atoms with E-state index in [4.69, 9.17) is 4.74 Å². The lowest BCUT2D eigenvalue weighted by molar-refractivity contribution is 0.0823. The summed E-state index contributed by atoms with van der Waals surface area (Å²) in [4.78, 5) is 19.0. The van der Waals surface area contributed by atoms with Gasteiger partial charge in [0.1, 0.15) is 24.1 Å². The van der Waals surface area contributed by atoms with Gasteiger partial charge in [-0.2, -0.15) is 0 Å². The van der Waals surface area contributed by atoms with Crippen molar-refractivity contribution in [3.8, 4) is 5.75 Å². The Hall–Kier alpha value is -2.86. The van der Waals surface area contributed by atoms with Crippen LogP contribution >= 0.6 is 0 Å². The first-order valence-electron chi connectivity index (χ1n) is 9.48. The summed E-state index contributed by atoms with van der Waals surface area (Å²) in [6.45, 7) is 1.92. The van der Waals surface area contributed by atoms with E-state index < -0.39 is 0 Å². The van der Waals surface area contributed by atoms with E-state index in [0.717, 1.165) is 29.5 Å². The summed E-state index contributed by atoms with van der Waals surface area (Å²) in [5, 5.41) is 9.66. The first-order chi connectivity index (χ1) is 13.4. The van der Waals surface area contributed by atoms with Crippen LogP contribution in [0.4, 0.5) is 0 Å². The van der Waals surface area contributed by atoms with Gasteiger partial charge in [-0.1, -0.05) is 24.3 Å². The second kappa shape index (κ2) is 6.95. The lowest BCUT2D eigenvalue weighted by Crippen LogP contribution is -2.25. The molecule has 0 radical (unpaired) electrons. The fraction of sp³-hybridized carbons (Fsp3) is 0.364. The minimum Gasteiger partial charge on any atom is -0.483 e. The average Bonchev–Trinajstić information content (AvgIpc) is 3.02. The smallest absolute Gasteiger partial charge is 0.253 e. The highest BCUT2D eigenvalue weighted by molar-refractivity contribution is 6.01. The maximum Gasteiger partial charge on any atom is 0.253 e. The average molecular weight is 379 g/mol. The largest absolute Gasteiger partial charge is 0.483 e. The van der Waals surface area contributed by atoms with Crippen molar-refractivity contribution in [3.63, 3.8) is 0 Å². The molecule has 1 N–H and O–H groups in total. The van der Waals surface area contributed by atoms with E-state index in [-0.39, 0.29) is 18.6 Å². The van der Waals surface area contributed by atoms with Crippen molar-refractivity contribution < 1.29 is 14.6 Å². The summed E-state index contributed by atoms with van der Waals surface area (Å²) < 4.78 is 8.29. The molecule has 0 aliphatic carbocycles. The maximum absolute atomic E-state index is 12.8. The number of ether oxygens (including phenoxy) is 1. The molecule has 1 amide bonds. The van der Waals surface area contributed by atoms with Gasteiger partial charge in [-0.25, -0.2) is 4.98 Å². The molecule has 1 aliphatic rings. The first-order valence-corrected chi connectivity index (χ1v) is 9.48. The molecule has 3 aromatic rings. The molecule has 0 unspecified atom stereocenters. The van der Waals surface area contributed by atoms with Crippen LogP contribution in [0.2, 0.25) is 0 Å². The van der Waals surface area contributed by atoms with Crippen molar-refractivity contribution in [1.29, 1.82) is 0 Å². The molecular weight excluding hydrogens is 354 g/mol. The van der Waals surface area contributed by atoms with Crippen molar-refractivity contribution in [2.45, 2.75) is 32.5 Å². The number of benzene rings is 2. The molecule has 28 heavy (non-hydrogen) atoms. The number of aliphatic hydroxyl groups is 1. The number of aromatic nitrogens is 2. The number of nitrogens with zero attached hydrogens (tertiary/aromatic N) is 3. The highest BCUT2D eigenvalue weighted by Gasteiger charge is 2.30. The Kier molecular flexibility index (Phi) is 4.59. The van der Waals surface area contributed by atoms with E-state index >= 15 is 0 Å². The molecule has 0 bridgehead atoms. The third-order valence-electron chi connectivity index (χ3n) is 5.56. The molecule has 0 saturated carbocycles. The number of hydrogen-bond donors (Lipinski definition) is 1. The Labute approximate surface area is 164 Å². The zero-order chi connectivity index (χ0) is 20.0. The van der Waals surface area contributed by atoms with Crippen LogP contribution in [0.15, 0.2) is 30.3 Å². The number of hydrogen-bond acceptors (Lipinski definition) is 4. The Morgan fingerprint density at radius 3 is 2.79 bits per heavy atom. The van der Waals surface area contributed by atoms with Gasteiger partial charge in [0.15, 0.2) is 5.75 Å². The van der Waals surface area contributed by atoms with Gasteiger partial charge in [0.25, 0.3) is 5.91 Å². The van der Waals surface area contributed by atoms with Crippen LogP contribution in [0, 0.1) is 6.92 Å². The summed E-state index contributed by atoms with van der Waals surface area (Å²) in [5.74, 6) is 1.16. The second-order valence-corrected chi connectivity index (χ2v) is 7.55. The number of aryl methyl sites for hydroxylation is 2. The summed E-state index contributed by atoms with van der Waals surface area (Å²) in [7, 11) is 5.35. The zero-order valence-electron chi connectivity index (χ0n) is 16.7. The molecule has 6 nitrogen and oxygen atoms in total. The number of imidazole rings is 1. The van der Waals surface area contributed by atoms with Gasteiger partial charge in [0.05, 0.1) is 5.52 Å². The normalized spacial score (nSPS) is 16.0. The van der Waals surface area contributed by atoms with Crippen LogP contribution in [0.5, 0.6) is 5.75 Å². The molecule has 0 fully saturated rings. The topological polar surface area (TPSA) is 67.6 Å². The molecule has 6 heteroatoms. The number of carbonyl (C=O) groups is 1. The predicted octanol–water partition coefficient (Wildman–Crippen LogP) is 3.14. The van der Waals surface area contributed by atoms with Crippen LogP contribution in [-0.2, 0) is 20.1 Å². The van der Waals surface area contributed by atoms with Gasteiger partial charge in [0, 0.05) is 32.3 Å². The molecule has 1 atom stereocenters. The number of rotatable bonds is 3. The number of aliphatic hydroxyl groups excluding tert-OH is 1. The van der Waals surface area contributed by atoms with Gasteiger partial charge in [-0.15, -0.1) is 0 Å². The highest BCUT2D eigenvalue weighted by atomic mass is 16.5. The van der Waals surface area contributed by atoms with Crippen LogP contribution in [0.1, 0.15) is 45.4 Å². The summed E-state index contributed by atoms with van der Waals surface area (Å²) in [5.41, 5.74) is 5.38. The Morgan fingerprint density at radius 2 is 2.11 bits per heavy atom. The minimum atomic E-state index is -0.169. The zero-order valence-corrected chi connectivity index (χ0v) is 16.7.